The highest BCUT2D eigenvalue weighted by molar-refractivity contribution is 5.86. The van der Waals surface area contributed by atoms with Gasteiger partial charge in [-0.05, 0) is 51.0 Å². The first-order valence-corrected chi connectivity index (χ1v) is 9.50. The Hall–Kier alpha value is -3.12. The first kappa shape index (κ1) is 20.6. The van der Waals surface area contributed by atoms with Crippen LogP contribution in [0.15, 0.2) is 51.7 Å². The van der Waals surface area contributed by atoms with Crippen molar-refractivity contribution in [2.24, 2.45) is 0 Å². The molecule has 1 aromatic heterocycles. The van der Waals surface area contributed by atoms with E-state index in [0.717, 1.165) is 16.5 Å². The van der Waals surface area contributed by atoms with Crippen LogP contribution in [0.5, 0.6) is 5.75 Å². The summed E-state index contributed by atoms with van der Waals surface area (Å²) in [7, 11) is 0. The zero-order valence-electron chi connectivity index (χ0n) is 17.0. The Bertz CT molecular complexity index is 1090. The molecule has 152 valence electrons. The molecule has 0 saturated heterocycles. The smallest absolute Gasteiger partial charge is 0.339 e. The number of benzene rings is 2. The topological polar surface area (TPSA) is 88.8 Å². The monoisotopic (exact) mass is 395 g/mol. The minimum Gasteiger partial charge on any atom is -0.480 e. The number of ether oxygens (including phenoxy) is 1. The molecule has 0 saturated carbocycles. The normalized spacial score (nSPS) is 13.1. The molecule has 1 heterocycles. The lowest BCUT2D eigenvalue weighted by molar-refractivity contribution is -0.127. The van der Waals surface area contributed by atoms with Gasteiger partial charge in [0.05, 0.1) is 6.10 Å². The SMILES string of the molecule is Cc1c(C)c2ccc(O[C@@H](C)C(=O)NC[C@@H](O)c3ccccc3)c(C)c2oc1=O. The fourth-order valence-corrected chi connectivity index (χ4v) is 3.13. The molecule has 0 unspecified atom stereocenters. The predicted octanol–water partition coefficient (Wildman–Crippen LogP) is 3.34. The number of amides is 1. The van der Waals surface area contributed by atoms with Gasteiger partial charge in [0.2, 0.25) is 0 Å². The summed E-state index contributed by atoms with van der Waals surface area (Å²) in [6, 6.07) is 12.7. The molecular formula is C23H25NO5. The highest BCUT2D eigenvalue weighted by Gasteiger charge is 2.19. The van der Waals surface area contributed by atoms with Crippen LogP contribution in [0.4, 0.5) is 0 Å². The first-order chi connectivity index (χ1) is 13.8. The molecule has 6 heteroatoms. The fourth-order valence-electron chi connectivity index (χ4n) is 3.13. The van der Waals surface area contributed by atoms with Gasteiger partial charge in [-0.3, -0.25) is 4.79 Å². The van der Waals surface area contributed by atoms with E-state index in [1.807, 2.05) is 31.2 Å². The van der Waals surface area contributed by atoms with Gasteiger partial charge in [0.15, 0.2) is 6.10 Å². The molecule has 29 heavy (non-hydrogen) atoms. The van der Waals surface area contributed by atoms with E-state index in [1.165, 1.54) is 0 Å². The van der Waals surface area contributed by atoms with Gasteiger partial charge in [0.1, 0.15) is 11.3 Å². The van der Waals surface area contributed by atoms with Gasteiger partial charge in [-0.1, -0.05) is 30.3 Å². The minimum atomic E-state index is -0.796. The maximum atomic E-state index is 12.4. The molecule has 2 aromatic carbocycles. The van der Waals surface area contributed by atoms with Crippen LogP contribution in [0.2, 0.25) is 0 Å². The van der Waals surface area contributed by atoms with Crippen LogP contribution in [-0.4, -0.2) is 23.7 Å². The van der Waals surface area contributed by atoms with Crippen molar-refractivity contribution in [3.8, 4) is 5.75 Å². The van der Waals surface area contributed by atoms with E-state index in [-0.39, 0.29) is 18.1 Å². The van der Waals surface area contributed by atoms with Crippen molar-refractivity contribution in [3.63, 3.8) is 0 Å². The van der Waals surface area contributed by atoms with E-state index in [0.29, 0.717) is 22.5 Å². The third kappa shape index (κ3) is 4.32. The van der Waals surface area contributed by atoms with Crippen LogP contribution in [0, 0.1) is 20.8 Å². The summed E-state index contributed by atoms with van der Waals surface area (Å²) in [6.45, 7) is 7.11. The van der Waals surface area contributed by atoms with Crippen molar-refractivity contribution in [2.75, 3.05) is 6.54 Å². The van der Waals surface area contributed by atoms with Crippen molar-refractivity contribution < 1.29 is 19.1 Å². The molecule has 0 fully saturated rings. The molecule has 0 aliphatic carbocycles. The van der Waals surface area contributed by atoms with Gasteiger partial charge < -0.3 is 19.6 Å². The lowest BCUT2D eigenvalue weighted by Crippen LogP contribution is -2.38. The molecule has 1 amide bonds. The Labute approximate surface area is 169 Å². The second-order valence-corrected chi connectivity index (χ2v) is 7.14. The zero-order chi connectivity index (χ0) is 21.1. The van der Waals surface area contributed by atoms with Crippen molar-refractivity contribution in [2.45, 2.75) is 39.9 Å². The van der Waals surface area contributed by atoms with Crippen molar-refractivity contribution in [3.05, 3.63) is 75.1 Å². The molecule has 3 rings (SSSR count). The molecule has 0 radical (unpaired) electrons. The molecule has 0 bridgehead atoms. The molecule has 0 spiro atoms. The highest BCUT2D eigenvalue weighted by Crippen LogP contribution is 2.29. The summed E-state index contributed by atoms with van der Waals surface area (Å²) in [4.78, 5) is 24.4. The van der Waals surface area contributed by atoms with E-state index in [1.54, 1.807) is 39.0 Å². The van der Waals surface area contributed by atoms with Crippen molar-refractivity contribution in [1.82, 2.24) is 5.32 Å². The molecule has 2 N–H and O–H groups in total. The third-order valence-electron chi connectivity index (χ3n) is 5.15. The Morgan fingerprint density at radius 3 is 2.45 bits per heavy atom. The molecule has 0 aliphatic heterocycles. The number of aryl methyl sites for hydroxylation is 2. The summed E-state index contributed by atoms with van der Waals surface area (Å²) < 4.78 is 11.3. The fraction of sp³-hybridized carbons (Fsp3) is 0.304. The highest BCUT2D eigenvalue weighted by atomic mass is 16.5. The van der Waals surface area contributed by atoms with Crippen LogP contribution >= 0.6 is 0 Å². The number of carbonyl (C=O) groups excluding carboxylic acids is 1. The Morgan fingerprint density at radius 2 is 1.76 bits per heavy atom. The minimum absolute atomic E-state index is 0.0839. The average Bonchev–Trinajstić information content (AvgIpc) is 2.73. The van der Waals surface area contributed by atoms with Gasteiger partial charge in [0, 0.05) is 23.1 Å². The van der Waals surface area contributed by atoms with E-state index >= 15 is 0 Å². The maximum Gasteiger partial charge on any atom is 0.339 e. The van der Waals surface area contributed by atoms with Gasteiger partial charge in [-0.25, -0.2) is 4.79 Å². The second-order valence-electron chi connectivity index (χ2n) is 7.14. The predicted molar refractivity (Wildman–Crippen MR) is 111 cm³/mol. The van der Waals surface area contributed by atoms with Crippen LogP contribution < -0.4 is 15.7 Å². The number of carbonyl (C=O) groups is 1. The maximum absolute atomic E-state index is 12.4. The zero-order valence-corrected chi connectivity index (χ0v) is 17.0. The van der Waals surface area contributed by atoms with E-state index < -0.39 is 12.2 Å². The first-order valence-electron chi connectivity index (χ1n) is 9.50. The van der Waals surface area contributed by atoms with Gasteiger partial charge in [-0.15, -0.1) is 0 Å². The van der Waals surface area contributed by atoms with Crippen LogP contribution in [0.1, 0.15) is 35.3 Å². The number of hydrogen-bond donors (Lipinski definition) is 2. The summed E-state index contributed by atoms with van der Waals surface area (Å²) in [5.74, 6) is 0.121. The van der Waals surface area contributed by atoms with Crippen LogP contribution in [-0.2, 0) is 4.79 Å². The molecular weight excluding hydrogens is 370 g/mol. The Morgan fingerprint density at radius 1 is 1.07 bits per heavy atom. The molecule has 0 aliphatic rings. The van der Waals surface area contributed by atoms with E-state index in [9.17, 15) is 14.7 Å². The van der Waals surface area contributed by atoms with Gasteiger partial charge in [0.25, 0.3) is 5.91 Å². The molecule has 2 atom stereocenters. The number of aliphatic hydroxyl groups is 1. The number of rotatable bonds is 6. The van der Waals surface area contributed by atoms with Gasteiger partial charge >= 0.3 is 5.63 Å². The second kappa shape index (κ2) is 8.49. The molecule has 3 aromatic rings. The lowest BCUT2D eigenvalue weighted by Gasteiger charge is -2.18. The summed E-state index contributed by atoms with van der Waals surface area (Å²) >= 11 is 0. The quantitative estimate of drug-likeness (QED) is 0.625. The standard InChI is InChI=1S/C23H25NO5/c1-13-14(2)23(27)29-21-15(3)20(11-10-18(13)21)28-16(4)22(26)24-12-19(25)17-8-6-5-7-9-17/h5-11,16,19,25H,12H2,1-4H3,(H,24,26)/t16-,19+/m0/s1. The lowest BCUT2D eigenvalue weighted by atomic mass is 10.0. The van der Waals surface area contributed by atoms with E-state index in [4.69, 9.17) is 9.15 Å². The molecule has 6 nitrogen and oxygen atoms in total. The number of fused-ring (bicyclic) bond motifs is 1. The largest absolute Gasteiger partial charge is 0.480 e. The number of aliphatic hydroxyl groups excluding tert-OH is 1. The van der Waals surface area contributed by atoms with E-state index in [2.05, 4.69) is 5.32 Å². The van der Waals surface area contributed by atoms with Crippen molar-refractivity contribution in [1.29, 1.82) is 0 Å². The third-order valence-corrected chi connectivity index (χ3v) is 5.15. The van der Waals surface area contributed by atoms with Gasteiger partial charge in [-0.2, -0.15) is 0 Å². The summed E-state index contributed by atoms with van der Waals surface area (Å²) in [5, 5.41) is 13.7. The Kier molecular flexibility index (Phi) is 6.03. The average molecular weight is 395 g/mol. The summed E-state index contributed by atoms with van der Waals surface area (Å²) in [6.07, 6.45) is -1.58. The van der Waals surface area contributed by atoms with Crippen LogP contribution in [0.3, 0.4) is 0 Å². The van der Waals surface area contributed by atoms with Crippen LogP contribution in [0.25, 0.3) is 11.0 Å². The number of hydrogen-bond acceptors (Lipinski definition) is 5. The summed E-state index contributed by atoms with van der Waals surface area (Å²) in [5.41, 5.74) is 2.92. The number of nitrogens with one attached hydrogen (secondary N) is 1. The Balaban J connectivity index is 1.71. The van der Waals surface area contributed by atoms with Crippen molar-refractivity contribution >= 4 is 16.9 Å².